The average molecular weight is 429 g/mol. The van der Waals surface area contributed by atoms with Crippen LogP contribution in [0.5, 0.6) is 0 Å². The summed E-state index contributed by atoms with van der Waals surface area (Å²) in [4.78, 5) is 14.7. The fraction of sp³-hybridized carbons (Fsp3) is 0.240. The van der Waals surface area contributed by atoms with Gasteiger partial charge < -0.3 is 9.88 Å². The molecule has 1 aliphatic heterocycles. The van der Waals surface area contributed by atoms with Gasteiger partial charge in [-0.3, -0.25) is 10.1 Å². The molecule has 0 atom stereocenters. The number of imidazole rings is 1. The highest BCUT2D eigenvalue weighted by molar-refractivity contribution is 5.94. The molecule has 3 aromatic heterocycles. The van der Waals surface area contributed by atoms with Gasteiger partial charge in [-0.25, -0.2) is 9.37 Å². The van der Waals surface area contributed by atoms with Gasteiger partial charge in [0.25, 0.3) is 0 Å². The Bertz CT molecular complexity index is 1310. The number of pyridine rings is 1. The molecule has 0 unspecified atom stereocenters. The minimum absolute atomic E-state index is 0.361. The molecule has 32 heavy (non-hydrogen) atoms. The van der Waals surface area contributed by atoms with E-state index in [1.54, 1.807) is 6.20 Å². The third-order valence-electron chi connectivity index (χ3n) is 5.93. The fourth-order valence-corrected chi connectivity index (χ4v) is 4.35. The molecular weight excluding hydrogens is 403 g/mol. The lowest BCUT2D eigenvalue weighted by molar-refractivity contribution is 0.325. The van der Waals surface area contributed by atoms with Crippen molar-refractivity contribution in [2.24, 2.45) is 0 Å². The van der Waals surface area contributed by atoms with E-state index in [1.807, 2.05) is 37.3 Å². The van der Waals surface area contributed by atoms with Crippen LogP contribution in [0.4, 0.5) is 4.39 Å². The Labute approximate surface area is 185 Å². The van der Waals surface area contributed by atoms with Crippen molar-refractivity contribution in [2.75, 3.05) is 13.1 Å². The first-order valence-corrected chi connectivity index (χ1v) is 10.9. The summed E-state index contributed by atoms with van der Waals surface area (Å²) >= 11 is 0. The van der Waals surface area contributed by atoms with Crippen LogP contribution in [-0.2, 0) is 0 Å². The van der Waals surface area contributed by atoms with Crippen molar-refractivity contribution < 1.29 is 4.39 Å². The average Bonchev–Trinajstić information content (AvgIpc) is 3.41. The molecule has 1 saturated heterocycles. The van der Waals surface area contributed by atoms with Crippen molar-refractivity contribution in [2.45, 2.75) is 26.2 Å². The van der Waals surface area contributed by atoms with Gasteiger partial charge >= 0.3 is 0 Å². The van der Waals surface area contributed by atoms with Crippen molar-refractivity contribution in [1.82, 2.24) is 30.0 Å². The van der Waals surface area contributed by atoms with Crippen LogP contribution in [-0.4, -0.2) is 43.1 Å². The van der Waals surface area contributed by atoms with E-state index in [9.17, 15) is 4.39 Å². The summed E-state index contributed by atoms with van der Waals surface area (Å²) in [6, 6.07) is 7.35. The number of rotatable bonds is 5. The number of fused-ring (bicyclic) bond motifs is 1. The quantitative estimate of drug-likeness (QED) is 0.413. The lowest BCUT2D eigenvalue weighted by Crippen LogP contribution is -2.28. The number of likely N-dealkylation sites (tertiary alicyclic amines) is 1. The molecule has 1 fully saturated rings. The van der Waals surface area contributed by atoms with E-state index >= 15 is 0 Å². The van der Waals surface area contributed by atoms with Gasteiger partial charge in [0.2, 0.25) is 0 Å². The van der Waals surface area contributed by atoms with E-state index in [-0.39, 0.29) is 5.82 Å². The second-order valence-electron chi connectivity index (χ2n) is 8.12. The summed E-state index contributed by atoms with van der Waals surface area (Å²) in [5.41, 5.74) is 6.21. The number of halogens is 1. The molecule has 0 amide bonds. The van der Waals surface area contributed by atoms with E-state index in [4.69, 9.17) is 4.98 Å². The highest BCUT2D eigenvalue weighted by Gasteiger charge is 2.21. The Kier molecular flexibility index (Phi) is 5.31. The van der Waals surface area contributed by atoms with E-state index in [0.29, 0.717) is 5.82 Å². The van der Waals surface area contributed by atoms with Crippen molar-refractivity contribution in [3.8, 4) is 22.6 Å². The van der Waals surface area contributed by atoms with Gasteiger partial charge in [0.1, 0.15) is 17.2 Å². The standard InChI is InChI=1S/C25H25FN6/c1-3-7-22(32-10-5-4-6-11-32)23-16(2)28-25(29-23)24-20-13-17(8-9-21(20)30-31-24)18-12-19(26)15-27-14-18/h3,7-9,12-15H,1,4-6,10-11H2,2H3,(H,28,29)(H,30,31)/b22-7+. The van der Waals surface area contributed by atoms with E-state index < -0.39 is 0 Å². The summed E-state index contributed by atoms with van der Waals surface area (Å²) < 4.78 is 13.7. The Balaban J connectivity index is 1.56. The number of hydrogen-bond donors (Lipinski definition) is 2. The van der Waals surface area contributed by atoms with Crippen LogP contribution in [0, 0.1) is 12.7 Å². The first-order valence-electron chi connectivity index (χ1n) is 10.9. The maximum absolute atomic E-state index is 13.7. The third kappa shape index (κ3) is 3.70. The monoisotopic (exact) mass is 428 g/mol. The molecule has 1 aromatic carbocycles. The van der Waals surface area contributed by atoms with Gasteiger partial charge in [-0.1, -0.05) is 18.7 Å². The van der Waals surface area contributed by atoms with Crippen LogP contribution >= 0.6 is 0 Å². The zero-order chi connectivity index (χ0) is 22.1. The normalized spacial score (nSPS) is 14.8. The molecule has 6 nitrogen and oxygen atoms in total. The Morgan fingerprint density at radius 3 is 2.75 bits per heavy atom. The van der Waals surface area contributed by atoms with E-state index in [2.05, 4.69) is 31.6 Å². The third-order valence-corrected chi connectivity index (χ3v) is 5.93. The van der Waals surface area contributed by atoms with Crippen LogP contribution in [0.2, 0.25) is 0 Å². The molecule has 0 spiro atoms. The highest BCUT2D eigenvalue weighted by atomic mass is 19.1. The van der Waals surface area contributed by atoms with Crippen LogP contribution < -0.4 is 0 Å². The molecule has 7 heteroatoms. The Morgan fingerprint density at radius 1 is 1.12 bits per heavy atom. The number of aromatic nitrogens is 5. The predicted octanol–water partition coefficient (Wildman–Crippen LogP) is 5.48. The summed E-state index contributed by atoms with van der Waals surface area (Å²) in [7, 11) is 0. The van der Waals surface area contributed by atoms with E-state index in [0.717, 1.165) is 57.9 Å². The number of piperidine rings is 1. The number of nitrogens with one attached hydrogen (secondary N) is 2. The molecule has 0 saturated carbocycles. The highest BCUT2D eigenvalue weighted by Crippen LogP contribution is 2.32. The van der Waals surface area contributed by atoms with Gasteiger partial charge in [-0.05, 0) is 56.0 Å². The fourth-order valence-electron chi connectivity index (χ4n) is 4.35. The molecular formula is C25H25FN6. The lowest BCUT2D eigenvalue weighted by atomic mass is 10.0. The first kappa shape index (κ1) is 20.2. The van der Waals surface area contributed by atoms with Crippen LogP contribution in [0.1, 0.15) is 30.7 Å². The zero-order valence-electron chi connectivity index (χ0n) is 18.0. The molecule has 0 aliphatic carbocycles. The molecule has 1 aliphatic rings. The summed E-state index contributed by atoms with van der Waals surface area (Å²) in [6.07, 6.45) is 10.4. The number of H-pyrrole nitrogens is 2. The lowest BCUT2D eigenvalue weighted by Gasteiger charge is -2.30. The number of nitrogens with zero attached hydrogens (tertiary/aromatic N) is 4. The number of aryl methyl sites for hydroxylation is 1. The van der Waals surface area contributed by atoms with Gasteiger partial charge in [-0.2, -0.15) is 5.10 Å². The van der Waals surface area contributed by atoms with Crippen LogP contribution in [0.3, 0.4) is 0 Å². The van der Waals surface area contributed by atoms with Gasteiger partial charge in [-0.15, -0.1) is 0 Å². The molecule has 162 valence electrons. The summed E-state index contributed by atoms with van der Waals surface area (Å²) in [5.74, 6) is 0.339. The van der Waals surface area contributed by atoms with Crippen LogP contribution in [0.15, 0.2) is 55.4 Å². The minimum atomic E-state index is -0.361. The summed E-state index contributed by atoms with van der Waals surface area (Å²) in [5, 5.41) is 8.53. The van der Waals surface area contributed by atoms with Crippen molar-refractivity contribution >= 4 is 16.6 Å². The SMILES string of the molecule is C=C/C=C(\c1nc(-c2n[nH]c3ccc(-c4cncc(F)c4)cc23)[nH]c1C)N1CCCCC1. The number of hydrogen-bond acceptors (Lipinski definition) is 4. The first-order chi connectivity index (χ1) is 15.6. The van der Waals surface area contributed by atoms with Crippen molar-refractivity contribution in [1.29, 1.82) is 0 Å². The van der Waals surface area contributed by atoms with Crippen LogP contribution in [0.25, 0.3) is 39.2 Å². The van der Waals surface area contributed by atoms with Gasteiger partial charge in [0.05, 0.1) is 17.4 Å². The van der Waals surface area contributed by atoms with Crippen molar-refractivity contribution in [3.05, 3.63) is 72.6 Å². The molecule has 2 N–H and O–H groups in total. The maximum Gasteiger partial charge on any atom is 0.159 e. The predicted molar refractivity (Wildman–Crippen MR) is 125 cm³/mol. The number of benzene rings is 1. The van der Waals surface area contributed by atoms with E-state index in [1.165, 1.54) is 31.5 Å². The zero-order valence-corrected chi connectivity index (χ0v) is 18.0. The van der Waals surface area contributed by atoms with Gasteiger partial charge in [0, 0.05) is 35.9 Å². The largest absolute Gasteiger partial charge is 0.370 e. The Morgan fingerprint density at radius 2 is 1.97 bits per heavy atom. The second-order valence-corrected chi connectivity index (χ2v) is 8.12. The summed E-state index contributed by atoms with van der Waals surface area (Å²) in [6.45, 7) is 7.99. The van der Waals surface area contributed by atoms with Gasteiger partial charge in [0.15, 0.2) is 5.82 Å². The molecule has 4 aromatic rings. The number of allylic oxidation sites excluding steroid dienone is 2. The minimum Gasteiger partial charge on any atom is -0.370 e. The Hall–Kier alpha value is -3.74. The maximum atomic E-state index is 13.7. The smallest absolute Gasteiger partial charge is 0.159 e. The van der Waals surface area contributed by atoms with Crippen molar-refractivity contribution in [3.63, 3.8) is 0 Å². The molecule has 4 heterocycles. The molecule has 0 bridgehead atoms. The number of aromatic amines is 2. The topological polar surface area (TPSA) is 73.5 Å². The second kappa shape index (κ2) is 8.42. The molecule has 5 rings (SSSR count). The molecule has 0 radical (unpaired) electrons.